The van der Waals surface area contributed by atoms with Gasteiger partial charge in [0.2, 0.25) is 5.88 Å². The average molecular weight is 418 g/mol. The van der Waals surface area contributed by atoms with Crippen LogP contribution in [0.1, 0.15) is 42.9 Å². The maximum atomic E-state index is 11.5. The largest absolute Gasteiger partial charge is 0.493 e. The maximum absolute atomic E-state index is 11.5. The molecule has 10 nitrogen and oxygen atoms in total. The molecule has 1 fully saturated rings. The van der Waals surface area contributed by atoms with Gasteiger partial charge in [-0.05, 0) is 44.9 Å². The predicted molar refractivity (Wildman–Crippen MR) is 114 cm³/mol. The third-order valence-electron chi connectivity index (χ3n) is 5.10. The number of fused-ring (bicyclic) bond motifs is 1. The molecule has 0 bridgehead atoms. The molecule has 0 radical (unpaired) electrons. The predicted octanol–water partition coefficient (Wildman–Crippen LogP) is 0.939. The highest BCUT2D eigenvalue weighted by Crippen LogP contribution is 2.22. The number of hydrogen-bond acceptors (Lipinski definition) is 7. The van der Waals surface area contributed by atoms with Crippen LogP contribution in [0, 0.1) is 6.92 Å². The van der Waals surface area contributed by atoms with Crippen molar-refractivity contribution in [3.05, 3.63) is 68.7 Å². The molecule has 1 atom stereocenters. The van der Waals surface area contributed by atoms with Gasteiger partial charge in [0.25, 0.3) is 0 Å². The van der Waals surface area contributed by atoms with Crippen LogP contribution in [0.3, 0.4) is 0 Å². The van der Waals surface area contributed by atoms with Crippen molar-refractivity contribution >= 4 is 17.5 Å². The summed E-state index contributed by atoms with van der Waals surface area (Å²) in [5, 5.41) is 18.4. The van der Waals surface area contributed by atoms with Crippen molar-refractivity contribution in [3.8, 4) is 5.88 Å². The van der Waals surface area contributed by atoms with Crippen LogP contribution < -0.4 is 21.7 Å². The number of rotatable bonds is 5. The van der Waals surface area contributed by atoms with Crippen molar-refractivity contribution in [2.75, 3.05) is 5.32 Å². The molecule has 4 N–H and O–H groups in total. The van der Waals surface area contributed by atoms with Gasteiger partial charge in [-0.25, -0.2) is 9.78 Å². The summed E-state index contributed by atoms with van der Waals surface area (Å²) in [5.74, 6) is 0.408. The Labute approximate surface area is 176 Å². The van der Waals surface area contributed by atoms with Crippen molar-refractivity contribution in [2.24, 2.45) is 4.99 Å². The monoisotopic (exact) mass is 418 g/mol. The zero-order chi connectivity index (χ0) is 21.5. The van der Waals surface area contributed by atoms with E-state index in [1.54, 1.807) is 16.8 Å². The summed E-state index contributed by atoms with van der Waals surface area (Å²) in [5.41, 5.74) is 2.91. The minimum Gasteiger partial charge on any atom is -0.493 e. The van der Waals surface area contributed by atoms with Crippen LogP contribution in [-0.2, 0) is 0 Å². The van der Waals surface area contributed by atoms with Gasteiger partial charge >= 0.3 is 5.69 Å². The van der Waals surface area contributed by atoms with Crippen LogP contribution in [0.15, 0.2) is 40.2 Å². The normalized spacial score (nSPS) is 16.2. The minimum atomic E-state index is -0.487. The first kappa shape index (κ1) is 19.0. The van der Waals surface area contributed by atoms with Crippen molar-refractivity contribution in [1.29, 1.82) is 0 Å². The topological polar surface area (TPSA) is 136 Å². The van der Waals surface area contributed by atoms with Gasteiger partial charge in [0.1, 0.15) is 11.5 Å². The van der Waals surface area contributed by atoms with E-state index in [0.29, 0.717) is 28.2 Å². The number of aromatic hydroxyl groups is 1. The number of imidazole rings is 1. The fourth-order valence-corrected chi connectivity index (χ4v) is 3.37. The van der Waals surface area contributed by atoms with E-state index in [9.17, 15) is 9.90 Å². The number of hydrogen-bond donors (Lipinski definition) is 4. The van der Waals surface area contributed by atoms with Gasteiger partial charge in [-0.2, -0.15) is 9.61 Å². The average Bonchev–Trinajstić information content (AvgIpc) is 3.37. The van der Waals surface area contributed by atoms with Crippen molar-refractivity contribution in [1.82, 2.24) is 29.5 Å². The molecule has 0 amide bonds. The Hall–Kier alpha value is -3.95. The molecule has 4 heterocycles. The zero-order valence-electron chi connectivity index (χ0n) is 17.1. The third-order valence-corrected chi connectivity index (χ3v) is 5.10. The SMILES string of the molecule is Cc1cccc(C(C)Nc2cc(=NC3CC3)n3ncc(=Cc4[nH]c(=O)[nH]c4O)c3n2)n1. The Morgan fingerprint density at radius 2 is 2.16 bits per heavy atom. The number of aromatic amines is 2. The summed E-state index contributed by atoms with van der Waals surface area (Å²) in [4.78, 5) is 30.4. The van der Waals surface area contributed by atoms with E-state index in [1.807, 2.05) is 38.1 Å². The molecule has 1 aliphatic rings. The lowest BCUT2D eigenvalue weighted by Gasteiger charge is -2.14. The molecule has 10 heteroatoms. The highest BCUT2D eigenvalue weighted by Gasteiger charge is 2.20. The van der Waals surface area contributed by atoms with Crippen LogP contribution in [-0.4, -0.2) is 40.7 Å². The fraction of sp³-hybridized carbons (Fsp3) is 0.286. The minimum absolute atomic E-state index is 0.0657. The van der Waals surface area contributed by atoms with Gasteiger partial charge in [-0.1, -0.05) is 6.07 Å². The first-order valence-corrected chi connectivity index (χ1v) is 10.1. The van der Waals surface area contributed by atoms with E-state index in [2.05, 4.69) is 25.4 Å². The molecule has 4 aromatic heterocycles. The van der Waals surface area contributed by atoms with Gasteiger partial charge in [0.15, 0.2) is 11.1 Å². The van der Waals surface area contributed by atoms with E-state index in [4.69, 9.17) is 9.98 Å². The van der Waals surface area contributed by atoms with Crippen LogP contribution >= 0.6 is 0 Å². The maximum Gasteiger partial charge on any atom is 0.326 e. The van der Waals surface area contributed by atoms with Gasteiger partial charge < -0.3 is 15.4 Å². The van der Waals surface area contributed by atoms with Crippen molar-refractivity contribution < 1.29 is 5.11 Å². The first-order valence-electron chi connectivity index (χ1n) is 10.1. The Kier molecular flexibility index (Phi) is 4.54. The summed E-state index contributed by atoms with van der Waals surface area (Å²) in [6, 6.07) is 8.03. The Morgan fingerprint density at radius 3 is 2.87 bits per heavy atom. The van der Waals surface area contributed by atoms with Crippen LogP contribution in [0.5, 0.6) is 5.88 Å². The Balaban J connectivity index is 1.62. The number of H-pyrrole nitrogens is 2. The highest BCUT2D eigenvalue weighted by molar-refractivity contribution is 5.58. The highest BCUT2D eigenvalue weighted by atomic mass is 16.3. The summed E-state index contributed by atoms with van der Waals surface area (Å²) in [6.07, 6.45) is 5.39. The molecular weight excluding hydrogens is 396 g/mol. The number of anilines is 1. The second-order valence-electron chi connectivity index (χ2n) is 7.75. The van der Waals surface area contributed by atoms with E-state index in [0.717, 1.165) is 24.2 Å². The van der Waals surface area contributed by atoms with Crippen LogP contribution in [0.25, 0.3) is 11.7 Å². The van der Waals surface area contributed by atoms with Gasteiger partial charge in [-0.3, -0.25) is 15.0 Å². The number of aromatic nitrogens is 6. The summed E-state index contributed by atoms with van der Waals surface area (Å²) in [7, 11) is 0. The molecule has 1 saturated carbocycles. The zero-order valence-corrected chi connectivity index (χ0v) is 17.1. The lowest BCUT2D eigenvalue weighted by atomic mass is 10.2. The van der Waals surface area contributed by atoms with Crippen LogP contribution in [0.4, 0.5) is 5.82 Å². The summed E-state index contributed by atoms with van der Waals surface area (Å²) in [6.45, 7) is 3.99. The Morgan fingerprint density at radius 1 is 1.32 bits per heavy atom. The molecule has 1 unspecified atom stereocenters. The number of aryl methyl sites for hydroxylation is 1. The standard InChI is InChI=1S/C21H22N8O2/c1-11-4-3-5-15(23-11)12(2)24-17-9-18(25-14-6-7-14)29-19(27-17)13(10-22-29)8-16-20(30)28-21(31)26-16/h3-5,8-10,12,14,24,30H,6-7H2,1-2H3,(H2,26,28,31). The Bertz CT molecular complexity index is 1440. The first-order chi connectivity index (χ1) is 15.0. The van der Waals surface area contributed by atoms with E-state index >= 15 is 0 Å². The lowest BCUT2D eigenvalue weighted by Crippen LogP contribution is -2.21. The van der Waals surface area contributed by atoms with E-state index in [-0.39, 0.29) is 17.6 Å². The molecular formula is C21H22N8O2. The van der Waals surface area contributed by atoms with Gasteiger partial charge in [0.05, 0.1) is 24.0 Å². The van der Waals surface area contributed by atoms with Crippen molar-refractivity contribution in [2.45, 2.75) is 38.8 Å². The molecule has 0 aromatic carbocycles. The van der Waals surface area contributed by atoms with Crippen molar-refractivity contribution in [3.63, 3.8) is 0 Å². The second kappa shape index (κ2) is 7.38. The van der Waals surface area contributed by atoms with E-state index < -0.39 is 5.69 Å². The van der Waals surface area contributed by atoms with Gasteiger partial charge in [-0.15, -0.1) is 0 Å². The third kappa shape index (κ3) is 3.91. The molecule has 5 rings (SSSR count). The second-order valence-corrected chi connectivity index (χ2v) is 7.75. The molecule has 31 heavy (non-hydrogen) atoms. The smallest absolute Gasteiger partial charge is 0.326 e. The molecule has 158 valence electrons. The summed E-state index contributed by atoms with van der Waals surface area (Å²) < 4.78 is 1.67. The van der Waals surface area contributed by atoms with Crippen LogP contribution in [0.2, 0.25) is 0 Å². The quantitative estimate of drug-likeness (QED) is 0.381. The number of nitrogens with one attached hydrogen (secondary N) is 3. The molecule has 0 aliphatic heterocycles. The summed E-state index contributed by atoms with van der Waals surface area (Å²) >= 11 is 0. The number of pyridine rings is 1. The molecule has 1 aliphatic carbocycles. The molecule has 4 aromatic rings. The van der Waals surface area contributed by atoms with Gasteiger partial charge in [0, 0.05) is 17.0 Å². The van der Waals surface area contributed by atoms with E-state index in [1.165, 1.54) is 0 Å². The lowest BCUT2D eigenvalue weighted by molar-refractivity contribution is 0.454. The number of nitrogens with zero attached hydrogens (tertiary/aromatic N) is 5. The fourth-order valence-electron chi connectivity index (χ4n) is 3.37. The molecule has 0 spiro atoms. The molecule has 0 saturated heterocycles.